The van der Waals surface area contributed by atoms with Crippen LogP contribution in [0.25, 0.3) is 0 Å². The van der Waals surface area contributed by atoms with Crippen LogP contribution >= 0.6 is 0 Å². The number of sulfonamides is 1. The molecule has 0 aromatic heterocycles. The van der Waals surface area contributed by atoms with Crippen molar-refractivity contribution in [2.75, 3.05) is 13.7 Å². The molecule has 0 saturated heterocycles. The summed E-state index contributed by atoms with van der Waals surface area (Å²) in [6, 6.07) is 6.66. The van der Waals surface area contributed by atoms with Gasteiger partial charge in [-0.15, -0.1) is 0 Å². The molecule has 0 amide bonds. The first-order valence-electron chi connectivity index (χ1n) is 6.73. The summed E-state index contributed by atoms with van der Waals surface area (Å²) in [6.07, 6.45) is 4.04. The summed E-state index contributed by atoms with van der Waals surface area (Å²) in [6.45, 7) is -0.237. The van der Waals surface area contributed by atoms with E-state index in [1.165, 1.54) is 4.31 Å². The van der Waals surface area contributed by atoms with Gasteiger partial charge in [0.05, 0.1) is 4.90 Å². The van der Waals surface area contributed by atoms with Gasteiger partial charge in [0.15, 0.2) is 0 Å². The van der Waals surface area contributed by atoms with Crippen molar-refractivity contribution in [3.05, 3.63) is 29.8 Å². The zero-order valence-electron chi connectivity index (χ0n) is 11.5. The van der Waals surface area contributed by atoms with Crippen LogP contribution in [-0.2, 0) is 10.0 Å². The molecular formula is C15H19NO3S. The SMILES string of the molecule is CN(C1CCCC1)S(=O)(=O)c1cccc(C#CCO)c1. The van der Waals surface area contributed by atoms with Gasteiger partial charge >= 0.3 is 0 Å². The summed E-state index contributed by atoms with van der Waals surface area (Å²) in [5, 5.41) is 8.69. The van der Waals surface area contributed by atoms with Gasteiger partial charge in [0.2, 0.25) is 10.0 Å². The molecule has 1 N–H and O–H groups in total. The van der Waals surface area contributed by atoms with Crippen LogP contribution in [0.2, 0.25) is 0 Å². The van der Waals surface area contributed by atoms with Gasteiger partial charge in [0, 0.05) is 18.7 Å². The van der Waals surface area contributed by atoms with E-state index in [0.717, 1.165) is 25.7 Å². The van der Waals surface area contributed by atoms with Crippen LogP contribution in [0, 0.1) is 11.8 Å². The third-order valence-corrected chi connectivity index (χ3v) is 5.57. The molecule has 1 aromatic carbocycles. The van der Waals surface area contributed by atoms with Crippen molar-refractivity contribution < 1.29 is 13.5 Å². The average Bonchev–Trinajstić information content (AvgIpc) is 2.98. The summed E-state index contributed by atoms with van der Waals surface area (Å²) in [5.41, 5.74) is 0.597. The van der Waals surface area contributed by atoms with Gasteiger partial charge in [-0.05, 0) is 31.0 Å². The van der Waals surface area contributed by atoms with Crippen molar-refractivity contribution in [1.82, 2.24) is 4.31 Å². The lowest BCUT2D eigenvalue weighted by Gasteiger charge is -2.23. The third kappa shape index (κ3) is 3.21. The molecule has 4 nitrogen and oxygen atoms in total. The Labute approximate surface area is 120 Å². The largest absolute Gasteiger partial charge is 0.384 e. The number of aliphatic hydroxyl groups is 1. The highest BCUT2D eigenvalue weighted by Gasteiger charge is 2.29. The molecule has 1 aliphatic rings. The quantitative estimate of drug-likeness (QED) is 0.861. The summed E-state index contributed by atoms with van der Waals surface area (Å²) in [7, 11) is -1.82. The highest BCUT2D eigenvalue weighted by Crippen LogP contribution is 2.27. The Morgan fingerprint density at radius 1 is 1.35 bits per heavy atom. The maximum Gasteiger partial charge on any atom is 0.243 e. The molecule has 0 spiro atoms. The smallest absolute Gasteiger partial charge is 0.243 e. The van der Waals surface area contributed by atoms with E-state index in [2.05, 4.69) is 11.8 Å². The minimum Gasteiger partial charge on any atom is -0.384 e. The molecule has 5 heteroatoms. The first-order chi connectivity index (χ1) is 9.55. The first-order valence-corrected chi connectivity index (χ1v) is 8.17. The Kier molecular flexibility index (Phi) is 4.81. The van der Waals surface area contributed by atoms with Crippen LogP contribution in [-0.4, -0.2) is 37.5 Å². The number of nitrogens with zero attached hydrogens (tertiary/aromatic N) is 1. The van der Waals surface area contributed by atoms with Crippen molar-refractivity contribution in [3.63, 3.8) is 0 Å². The standard InChI is InChI=1S/C15H19NO3S/c1-16(14-8-2-3-9-14)20(18,19)15-10-4-6-13(12-15)7-5-11-17/h4,6,10,12,14,17H,2-3,8-9,11H2,1H3. The topological polar surface area (TPSA) is 57.6 Å². The van der Waals surface area contributed by atoms with Crippen LogP contribution in [0.1, 0.15) is 31.2 Å². The van der Waals surface area contributed by atoms with E-state index in [1.807, 2.05) is 0 Å². The van der Waals surface area contributed by atoms with E-state index in [1.54, 1.807) is 31.3 Å². The van der Waals surface area contributed by atoms with Crippen molar-refractivity contribution in [1.29, 1.82) is 0 Å². The van der Waals surface area contributed by atoms with Gasteiger partial charge in [-0.2, -0.15) is 4.31 Å². The number of benzene rings is 1. The van der Waals surface area contributed by atoms with Crippen molar-refractivity contribution in [2.24, 2.45) is 0 Å². The van der Waals surface area contributed by atoms with Gasteiger partial charge in [-0.1, -0.05) is 30.7 Å². The maximum absolute atomic E-state index is 12.6. The van der Waals surface area contributed by atoms with Gasteiger partial charge in [-0.3, -0.25) is 0 Å². The third-order valence-electron chi connectivity index (χ3n) is 3.66. The van der Waals surface area contributed by atoms with Gasteiger partial charge in [0.1, 0.15) is 6.61 Å². The molecule has 0 aliphatic heterocycles. The fourth-order valence-electron chi connectivity index (χ4n) is 2.51. The Morgan fingerprint density at radius 3 is 2.70 bits per heavy atom. The maximum atomic E-state index is 12.6. The number of hydrogen-bond acceptors (Lipinski definition) is 3. The van der Waals surface area contributed by atoms with Crippen molar-refractivity contribution >= 4 is 10.0 Å². The lowest BCUT2D eigenvalue weighted by molar-refractivity contribution is 0.350. The molecule has 0 heterocycles. The molecule has 1 fully saturated rings. The molecule has 20 heavy (non-hydrogen) atoms. The molecule has 1 aromatic rings. The molecule has 0 radical (unpaired) electrons. The Hall–Kier alpha value is -1.35. The fraction of sp³-hybridized carbons (Fsp3) is 0.467. The predicted octanol–water partition coefficient (Wildman–Crippen LogP) is 1.59. The van der Waals surface area contributed by atoms with E-state index in [0.29, 0.717) is 5.56 Å². The van der Waals surface area contributed by atoms with Crippen molar-refractivity contribution in [2.45, 2.75) is 36.6 Å². The molecule has 108 valence electrons. The summed E-state index contributed by atoms with van der Waals surface area (Å²) in [4.78, 5) is 0.261. The predicted molar refractivity (Wildman–Crippen MR) is 77.6 cm³/mol. The summed E-state index contributed by atoms with van der Waals surface area (Å²) >= 11 is 0. The van der Waals surface area contributed by atoms with E-state index in [9.17, 15) is 8.42 Å². The number of rotatable bonds is 3. The first kappa shape index (κ1) is 15.0. The molecule has 1 aliphatic carbocycles. The summed E-state index contributed by atoms with van der Waals surface area (Å²) in [5.74, 6) is 5.26. The lowest BCUT2D eigenvalue weighted by Crippen LogP contribution is -2.35. The molecule has 0 bridgehead atoms. The number of hydrogen-bond donors (Lipinski definition) is 1. The van der Waals surface area contributed by atoms with Crippen LogP contribution in [0.15, 0.2) is 29.2 Å². The van der Waals surface area contributed by atoms with Crippen molar-refractivity contribution in [3.8, 4) is 11.8 Å². The van der Waals surface area contributed by atoms with Crippen LogP contribution in [0.5, 0.6) is 0 Å². The minimum atomic E-state index is -3.47. The second kappa shape index (κ2) is 6.40. The lowest BCUT2D eigenvalue weighted by atomic mass is 10.2. The monoisotopic (exact) mass is 293 g/mol. The Morgan fingerprint density at radius 2 is 2.05 bits per heavy atom. The highest BCUT2D eigenvalue weighted by atomic mass is 32.2. The molecule has 1 saturated carbocycles. The molecule has 2 rings (SSSR count). The second-order valence-electron chi connectivity index (χ2n) is 4.95. The van der Waals surface area contributed by atoms with Gasteiger partial charge in [-0.25, -0.2) is 8.42 Å². The Bertz CT molecular complexity index is 622. The number of aliphatic hydroxyl groups excluding tert-OH is 1. The Balaban J connectivity index is 2.29. The van der Waals surface area contributed by atoms with Crippen LogP contribution < -0.4 is 0 Å². The van der Waals surface area contributed by atoms with Crippen LogP contribution in [0.3, 0.4) is 0 Å². The normalized spacial score (nSPS) is 16.1. The highest BCUT2D eigenvalue weighted by molar-refractivity contribution is 7.89. The average molecular weight is 293 g/mol. The van der Waals surface area contributed by atoms with Crippen LogP contribution in [0.4, 0.5) is 0 Å². The van der Waals surface area contributed by atoms with E-state index >= 15 is 0 Å². The van der Waals surface area contributed by atoms with Gasteiger partial charge < -0.3 is 5.11 Å². The molecular weight excluding hydrogens is 274 g/mol. The minimum absolute atomic E-state index is 0.104. The second-order valence-corrected chi connectivity index (χ2v) is 6.94. The molecule has 0 unspecified atom stereocenters. The fourth-order valence-corrected chi connectivity index (χ4v) is 3.97. The zero-order valence-corrected chi connectivity index (χ0v) is 12.4. The summed E-state index contributed by atoms with van der Waals surface area (Å²) < 4.78 is 26.6. The van der Waals surface area contributed by atoms with E-state index in [-0.39, 0.29) is 17.5 Å². The van der Waals surface area contributed by atoms with E-state index in [4.69, 9.17) is 5.11 Å². The van der Waals surface area contributed by atoms with E-state index < -0.39 is 10.0 Å². The zero-order chi connectivity index (χ0) is 14.6. The van der Waals surface area contributed by atoms with Gasteiger partial charge in [0.25, 0.3) is 0 Å². The molecule has 0 atom stereocenters.